The highest BCUT2D eigenvalue weighted by Gasteiger charge is 2.16. The molecule has 0 amide bonds. The second-order valence-electron chi connectivity index (χ2n) is 6.31. The molecule has 0 aliphatic carbocycles. The highest BCUT2D eigenvalue weighted by atomic mass is 15.3. The number of aryl methyl sites for hydroxylation is 3. The van der Waals surface area contributed by atoms with E-state index in [0.29, 0.717) is 6.04 Å². The van der Waals surface area contributed by atoms with Crippen LogP contribution in [0.15, 0.2) is 18.2 Å². The molecule has 2 aromatic rings. The second-order valence-corrected chi connectivity index (χ2v) is 6.31. The molecule has 0 aliphatic rings. The molecule has 3 heteroatoms. The summed E-state index contributed by atoms with van der Waals surface area (Å²) >= 11 is 0. The van der Waals surface area contributed by atoms with Crippen LogP contribution < -0.4 is 5.32 Å². The van der Waals surface area contributed by atoms with Gasteiger partial charge in [-0.05, 0) is 59.6 Å². The molecule has 1 aromatic carbocycles. The first-order chi connectivity index (χ1) is 9.81. The van der Waals surface area contributed by atoms with E-state index in [9.17, 15) is 0 Å². The Hall–Kier alpha value is -1.77. The molecule has 0 saturated heterocycles. The lowest BCUT2D eigenvalue weighted by atomic mass is 10.00. The molecular formula is C18H27N3. The van der Waals surface area contributed by atoms with Crippen LogP contribution >= 0.6 is 0 Å². The van der Waals surface area contributed by atoms with Crippen LogP contribution in [0.1, 0.15) is 60.9 Å². The van der Waals surface area contributed by atoms with Crippen molar-refractivity contribution in [1.29, 1.82) is 0 Å². The third-order valence-corrected chi connectivity index (χ3v) is 4.07. The molecule has 0 bridgehead atoms. The second kappa shape index (κ2) is 5.92. The normalized spacial score (nSPS) is 12.8. The SMILES string of the molecule is Cc1ccc(C(C)Nc2c(C)nn(C(C)C)c2C)c(C)c1. The molecule has 114 valence electrons. The van der Waals surface area contributed by atoms with E-state index in [2.05, 4.69) is 81.8 Å². The van der Waals surface area contributed by atoms with E-state index in [0.717, 1.165) is 11.4 Å². The van der Waals surface area contributed by atoms with Crippen LogP contribution in [0.25, 0.3) is 0 Å². The maximum Gasteiger partial charge on any atom is 0.0828 e. The van der Waals surface area contributed by atoms with E-state index < -0.39 is 0 Å². The van der Waals surface area contributed by atoms with Crippen LogP contribution in [0, 0.1) is 27.7 Å². The Morgan fingerprint density at radius 3 is 2.24 bits per heavy atom. The molecule has 21 heavy (non-hydrogen) atoms. The van der Waals surface area contributed by atoms with Crippen molar-refractivity contribution >= 4 is 5.69 Å². The van der Waals surface area contributed by atoms with Crippen LogP contribution in [0.5, 0.6) is 0 Å². The number of aromatic nitrogens is 2. The summed E-state index contributed by atoms with van der Waals surface area (Å²) in [5.41, 5.74) is 7.43. The summed E-state index contributed by atoms with van der Waals surface area (Å²) in [5.74, 6) is 0. The molecule has 1 atom stereocenters. The largest absolute Gasteiger partial charge is 0.376 e. The van der Waals surface area contributed by atoms with Crippen molar-refractivity contribution in [2.75, 3.05) is 5.32 Å². The van der Waals surface area contributed by atoms with E-state index >= 15 is 0 Å². The van der Waals surface area contributed by atoms with Crippen molar-refractivity contribution in [3.05, 3.63) is 46.3 Å². The van der Waals surface area contributed by atoms with Crippen molar-refractivity contribution in [2.24, 2.45) is 0 Å². The van der Waals surface area contributed by atoms with Crippen molar-refractivity contribution in [3.63, 3.8) is 0 Å². The van der Waals surface area contributed by atoms with Gasteiger partial charge in [0.2, 0.25) is 0 Å². The van der Waals surface area contributed by atoms with Gasteiger partial charge < -0.3 is 5.32 Å². The first-order valence-corrected chi connectivity index (χ1v) is 7.70. The molecule has 3 nitrogen and oxygen atoms in total. The lowest BCUT2D eigenvalue weighted by molar-refractivity contribution is 0.516. The molecule has 1 aromatic heterocycles. The Bertz CT molecular complexity index is 638. The summed E-state index contributed by atoms with van der Waals surface area (Å²) in [5, 5.41) is 8.29. The number of nitrogens with one attached hydrogen (secondary N) is 1. The third kappa shape index (κ3) is 3.12. The predicted molar refractivity (Wildman–Crippen MR) is 90.0 cm³/mol. The van der Waals surface area contributed by atoms with Gasteiger partial charge in [-0.15, -0.1) is 0 Å². The van der Waals surface area contributed by atoms with Gasteiger partial charge in [0.1, 0.15) is 0 Å². The number of anilines is 1. The van der Waals surface area contributed by atoms with Gasteiger partial charge >= 0.3 is 0 Å². The van der Waals surface area contributed by atoms with Gasteiger partial charge in [0, 0.05) is 12.1 Å². The van der Waals surface area contributed by atoms with Crippen LogP contribution in [0.4, 0.5) is 5.69 Å². The Morgan fingerprint density at radius 1 is 1.05 bits per heavy atom. The lowest BCUT2D eigenvalue weighted by Gasteiger charge is -2.19. The van der Waals surface area contributed by atoms with Gasteiger partial charge in [0.15, 0.2) is 0 Å². The third-order valence-electron chi connectivity index (χ3n) is 4.07. The molecular weight excluding hydrogens is 258 g/mol. The van der Waals surface area contributed by atoms with Crippen molar-refractivity contribution < 1.29 is 0 Å². The maximum absolute atomic E-state index is 4.65. The topological polar surface area (TPSA) is 29.9 Å². The Balaban J connectivity index is 2.29. The zero-order valence-electron chi connectivity index (χ0n) is 14.3. The van der Waals surface area contributed by atoms with E-state index in [1.54, 1.807) is 0 Å². The van der Waals surface area contributed by atoms with E-state index in [1.807, 2.05) is 0 Å². The molecule has 0 aliphatic heterocycles. The minimum atomic E-state index is 0.271. The molecule has 1 heterocycles. The van der Waals surface area contributed by atoms with E-state index in [-0.39, 0.29) is 6.04 Å². The van der Waals surface area contributed by atoms with Crippen LogP contribution in [-0.4, -0.2) is 9.78 Å². The summed E-state index contributed by atoms with van der Waals surface area (Å²) < 4.78 is 2.09. The quantitative estimate of drug-likeness (QED) is 0.868. The number of benzene rings is 1. The van der Waals surface area contributed by atoms with Crippen LogP contribution in [0.3, 0.4) is 0 Å². The highest BCUT2D eigenvalue weighted by molar-refractivity contribution is 5.54. The van der Waals surface area contributed by atoms with Gasteiger partial charge in [-0.3, -0.25) is 4.68 Å². The van der Waals surface area contributed by atoms with Crippen molar-refractivity contribution in [2.45, 2.75) is 60.5 Å². The highest BCUT2D eigenvalue weighted by Crippen LogP contribution is 2.28. The average molecular weight is 285 g/mol. The summed E-state index contributed by atoms with van der Waals surface area (Å²) in [6, 6.07) is 7.30. The standard InChI is InChI=1S/C18H27N3/c1-11(2)21-16(7)18(15(6)20-21)19-14(5)17-9-8-12(3)10-13(17)4/h8-11,14,19H,1-7H3. The van der Waals surface area contributed by atoms with Crippen LogP contribution in [0.2, 0.25) is 0 Å². The van der Waals surface area contributed by atoms with E-state index in [1.165, 1.54) is 22.4 Å². The maximum atomic E-state index is 4.65. The molecule has 0 spiro atoms. The zero-order valence-corrected chi connectivity index (χ0v) is 14.3. The lowest BCUT2D eigenvalue weighted by Crippen LogP contribution is -2.10. The summed E-state index contributed by atoms with van der Waals surface area (Å²) in [6.07, 6.45) is 0. The van der Waals surface area contributed by atoms with Gasteiger partial charge in [-0.25, -0.2) is 0 Å². The van der Waals surface area contributed by atoms with Gasteiger partial charge in [0.25, 0.3) is 0 Å². The Morgan fingerprint density at radius 2 is 1.71 bits per heavy atom. The molecule has 0 radical (unpaired) electrons. The molecule has 1 unspecified atom stereocenters. The number of hydrogen-bond acceptors (Lipinski definition) is 2. The fourth-order valence-electron chi connectivity index (χ4n) is 2.98. The number of hydrogen-bond donors (Lipinski definition) is 1. The molecule has 0 fully saturated rings. The van der Waals surface area contributed by atoms with E-state index in [4.69, 9.17) is 0 Å². The summed E-state index contributed by atoms with van der Waals surface area (Å²) in [7, 11) is 0. The average Bonchev–Trinajstić information content (AvgIpc) is 2.66. The predicted octanol–water partition coefficient (Wildman–Crippen LogP) is 4.87. The van der Waals surface area contributed by atoms with Crippen LogP contribution in [-0.2, 0) is 0 Å². The fraction of sp³-hybridized carbons (Fsp3) is 0.500. The number of nitrogens with zero attached hydrogens (tertiary/aromatic N) is 2. The smallest absolute Gasteiger partial charge is 0.0828 e. The summed E-state index contributed by atoms with van der Waals surface area (Å²) in [6.45, 7) is 15.1. The Kier molecular flexibility index (Phi) is 4.40. The monoisotopic (exact) mass is 285 g/mol. The minimum Gasteiger partial charge on any atom is -0.376 e. The molecule has 0 saturated carbocycles. The first-order valence-electron chi connectivity index (χ1n) is 7.70. The van der Waals surface area contributed by atoms with Gasteiger partial charge in [0.05, 0.1) is 17.1 Å². The minimum absolute atomic E-state index is 0.271. The van der Waals surface area contributed by atoms with Crippen molar-refractivity contribution in [1.82, 2.24) is 9.78 Å². The zero-order chi connectivity index (χ0) is 15.7. The number of rotatable bonds is 4. The van der Waals surface area contributed by atoms with Gasteiger partial charge in [-0.2, -0.15) is 5.10 Å². The first kappa shape index (κ1) is 15.6. The fourth-order valence-corrected chi connectivity index (χ4v) is 2.98. The Labute approximate surface area is 128 Å². The summed E-state index contributed by atoms with van der Waals surface area (Å²) in [4.78, 5) is 0. The van der Waals surface area contributed by atoms with Crippen molar-refractivity contribution in [3.8, 4) is 0 Å². The molecule has 1 N–H and O–H groups in total. The molecule has 2 rings (SSSR count). The van der Waals surface area contributed by atoms with Gasteiger partial charge in [-0.1, -0.05) is 23.8 Å².